The number of rotatable bonds is 2. The van der Waals surface area contributed by atoms with Crippen LogP contribution >= 0.6 is 0 Å². The van der Waals surface area contributed by atoms with Gasteiger partial charge in [-0.05, 0) is 37.1 Å². The van der Waals surface area contributed by atoms with E-state index in [1.165, 1.54) is 0 Å². The van der Waals surface area contributed by atoms with Crippen molar-refractivity contribution in [1.29, 1.82) is 0 Å². The molecule has 3 N–H and O–H groups in total. The number of benzene rings is 1. The van der Waals surface area contributed by atoms with E-state index in [-0.39, 0.29) is 11.9 Å². The van der Waals surface area contributed by atoms with Crippen molar-refractivity contribution in [2.45, 2.75) is 26.4 Å². The lowest BCUT2D eigenvalue weighted by Crippen LogP contribution is -2.28. The van der Waals surface area contributed by atoms with E-state index in [0.29, 0.717) is 0 Å². The first-order valence-corrected chi connectivity index (χ1v) is 7.82. The van der Waals surface area contributed by atoms with Gasteiger partial charge in [0.25, 0.3) is 0 Å². The van der Waals surface area contributed by atoms with E-state index in [0.717, 1.165) is 22.3 Å². The van der Waals surface area contributed by atoms with Crippen molar-refractivity contribution in [3.63, 3.8) is 0 Å². The first kappa shape index (κ1) is 16.0. The van der Waals surface area contributed by atoms with Crippen molar-refractivity contribution in [2.24, 2.45) is 5.92 Å². The van der Waals surface area contributed by atoms with Crippen molar-refractivity contribution in [3.8, 4) is 17.5 Å². The van der Waals surface area contributed by atoms with Gasteiger partial charge in [0.05, 0.1) is 0 Å². The summed E-state index contributed by atoms with van der Waals surface area (Å²) in [7, 11) is 0. The Balaban J connectivity index is 2.02. The molecule has 3 rings (SSSR count). The number of fused-ring (bicyclic) bond motifs is 1. The molecule has 1 atom stereocenters. The molecule has 1 unspecified atom stereocenters. The Kier molecular flexibility index (Phi) is 4.00. The average Bonchev–Trinajstić information content (AvgIpc) is 2.96. The molecule has 0 spiro atoms. The molecule has 0 aliphatic rings. The molecule has 0 aliphatic heterocycles. The van der Waals surface area contributed by atoms with Crippen LogP contribution in [0.2, 0.25) is 0 Å². The number of aliphatic hydroxyl groups is 1. The van der Waals surface area contributed by atoms with E-state index < -0.39 is 5.60 Å². The third-order valence-electron chi connectivity index (χ3n) is 4.15. The highest BCUT2D eigenvalue weighted by Gasteiger charge is 2.21. The second-order valence-electron chi connectivity index (χ2n) is 6.30. The average molecular weight is 320 g/mol. The summed E-state index contributed by atoms with van der Waals surface area (Å²) < 4.78 is 1.94. The lowest BCUT2D eigenvalue weighted by atomic mass is 9.93. The van der Waals surface area contributed by atoms with Gasteiger partial charge in [0.15, 0.2) is 0 Å². The third-order valence-corrected chi connectivity index (χ3v) is 4.15. The van der Waals surface area contributed by atoms with Gasteiger partial charge in [-0.15, -0.1) is 0 Å². The van der Waals surface area contributed by atoms with Crippen molar-refractivity contribution in [2.75, 3.05) is 5.73 Å². The Morgan fingerprint density at radius 3 is 2.83 bits per heavy atom. The van der Waals surface area contributed by atoms with Crippen molar-refractivity contribution >= 4 is 17.0 Å². The number of nitrogen functional groups attached to an aromatic ring is 1. The number of nitrogens with two attached hydrogens (primary N) is 1. The zero-order valence-corrected chi connectivity index (χ0v) is 14.0. The van der Waals surface area contributed by atoms with Gasteiger partial charge in [-0.2, -0.15) is 4.98 Å². The number of anilines is 1. The van der Waals surface area contributed by atoms with E-state index in [2.05, 4.69) is 21.8 Å². The molecule has 1 aromatic carbocycles. The van der Waals surface area contributed by atoms with Gasteiger partial charge in [0.2, 0.25) is 5.95 Å². The normalized spacial score (nSPS) is 13.5. The van der Waals surface area contributed by atoms with Gasteiger partial charge in [0, 0.05) is 29.0 Å². The fourth-order valence-electron chi connectivity index (χ4n) is 2.22. The molecule has 2 aromatic heterocycles. The molecule has 0 bridgehead atoms. The highest BCUT2D eigenvalue weighted by molar-refractivity contribution is 5.78. The molecule has 0 saturated heterocycles. The monoisotopic (exact) mass is 320 g/mol. The summed E-state index contributed by atoms with van der Waals surface area (Å²) >= 11 is 0. The van der Waals surface area contributed by atoms with Gasteiger partial charge < -0.3 is 15.4 Å². The second-order valence-corrected chi connectivity index (χ2v) is 6.30. The zero-order valence-electron chi connectivity index (χ0n) is 14.0. The second kappa shape index (κ2) is 5.99. The minimum Gasteiger partial charge on any atom is -0.378 e. The summed E-state index contributed by atoms with van der Waals surface area (Å²) in [4.78, 5) is 8.31. The quantitative estimate of drug-likeness (QED) is 0.712. The predicted octanol–water partition coefficient (Wildman–Crippen LogP) is 2.76. The van der Waals surface area contributed by atoms with Crippen LogP contribution in [0, 0.1) is 17.8 Å². The molecule has 5 heteroatoms. The highest BCUT2D eigenvalue weighted by Crippen LogP contribution is 2.20. The van der Waals surface area contributed by atoms with E-state index >= 15 is 0 Å². The number of hydrogen-bond acceptors (Lipinski definition) is 4. The summed E-state index contributed by atoms with van der Waals surface area (Å²) in [5.41, 5.74) is 7.19. The summed E-state index contributed by atoms with van der Waals surface area (Å²) in [5, 5.41) is 11.2. The first-order chi connectivity index (χ1) is 11.4. The van der Waals surface area contributed by atoms with Crippen LogP contribution in [-0.2, 0) is 0 Å². The fourth-order valence-corrected chi connectivity index (χ4v) is 2.22. The molecule has 24 heavy (non-hydrogen) atoms. The van der Waals surface area contributed by atoms with Crippen LogP contribution in [0.5, 0.6) is 0 Å². The van der Waals surface area contributed by atoms with Crippen LogP contribution < -0.4 is 5.73 Å². The zero-order chi connectivity index (χ0) is 17.3. The Bertz CT molecular complexity index is 945. The number of aromatic nitrogens is 3. The Morgan fingerprint density at radius 2 is 2.08 bits per heavy atom. The standard InChI is InChI=1S/C19H20N4O/c1-13(2)19(3,24)9-7-14-5-4-6-16(11-14)23-10-8-15-12-21-18(20)22-17(15)23/h4-6,8,10-13,24H,1-3H3,(H2,20,21,22). The van der Waals surface area contributed by atoms with Crippen LogP contribution in [0.15, 0.2) is 42.7 Å². The molecule has 0 saturated carbocycles. The molecule has 3 aromatic rings. The lowest BCUT2D eigenvalue weighted by Gasteiger charge is -2.20. The van der Waals surface area contributed by atoms with Gasteiger partial charge >= 0.3 is 0 Å². The number of nitrogens with zero attached hydrogens (tertiary/aromatic N) is 3. The minimum atomic E-state index is -1.02. The maximum Gasteiger partial charge on any atom is 0.221 e. The third kappa shape index (κ3) is 3.10. The topological polar surface area (TPSA) is 77.0 Å². The highest BCUT2D eigenvalue weighted by atomic mass is 16.3. The SMILES string of the molecule is CC(C)C(C)(O)C#Cc1cccc(-n2ccc3cnc(N)nc32)c1. The van der Waals surface area contributed by atoms with Gasteiger partial charge in [0.1, 0.15) is 11.2 Å². The molecule has 0 radical (unpaired) electrons. The van der Waals surface area contributed by atoms with E-state index in [9.17, 15) is 5.11 Å². The Morgan fingerprint density at radius 1 is 1.29 bits per heavy atom. The van der Waals surface area contributed by atoms with Crippen LogP contribution in [0.1, 0.15) is 26.3 Å². The summed E-state index contributed by atoms with van der Waals surface area (Å²) in [6.45, 7) is 5.62. The summed E-state index contributed by atoms with van der Waals surface area (Å²) in [6, 6.07) is 9.73. The molecule has 5 nitrogen and oxygen atoms in total. The van der Waals surface area contributed by atoms with Crippen LogP contribution in [0.3, 0.4) is 0 Å². The molecule has 2 heterocycles. The fraction of sp³-hybridized carbons (Fsp3) is 0.263. The van der Waals surface area contributed by atoms with E-state index in [4.69, 9.17) is 5.73 Å². The van der Waals surface area contributed by atoms with Crippen LogP contribution in [-0.4, -0.2) is 25.2 Å². The van der Waals surface area contributed by atoms with Crippen LogP contribution in [0.25, 0.3) is 16.7 Å². The van der Waals surface area contributed by atoms with Crippen molar-refractivity contribution in [1.82, 2.24) is 14.5 Å². The predicted molar refractivity (Wildman–Crippen MR) is 95.6 cm³/mol. The van der Waals surface area contributed by atoms with Gasteiger partial charge in [-0.1, -0.05) is 31.8 Å². The molecule has 122 valence electrons. The van der Waals surface area contributed by atoms with Crippen LogP contribution in [0.4, 0.5) is 5.95 Å². The maximum absolute atomic E-state index is 10.3. The first-order valence-electron chi connectivity index (χ1n) is 7.82. The molecule has 0 amide bonds. The molecule has 0 aliphatic carbocycles. The van der Waals surface area contributed by atoms with Gasteiger partial charge in [-0.25, -0.2) is 4.98 Å². The smallest absolute Gasteiger partial charge is 0.221 e. The summed E-state index contributed by atoms with van der Waals surface area (Å²) in [5.74, 6) is 6.30. The van der Waals surface area contributed by atoms with E-state index in [1.54, 1.807) is 13.1 Å². The largest absolute Gasteiger partial charge is 0.378 e. The Hall–Kier alpha value is -2.84. The summed E-state index contributed by atoms with van der Waals surface area (Å²) in [6.07, 6.45) is 3.63. The van der Waals surface area contributed by atoms with Crippen molar-refractivity contribution in [3.05, 3.63) is 48.3 Å². The maximum atomic E-state index is 10.3. The lowest BCUT2D eigenvalue weighted by molar-refractivity contribution is 0.0726. The van der Waals surface area contributed by atoms with Crippen molar-refractivity contribution < 1.29 is 5.11 Å². The minimum absolute atomic E-state index is 0.0567. The number of hydrogen-bond donors (Lipinski definition) is 2. The Labute approximate surface area is 141 Å². The molecular formula is C19H20N4O. The molecule has 0 fully saturated rings. The van der Waals surface area contributed by atoms with Gasteiger partial charge in [-0.3, -0.25) is 0 Å². The molecular weight excluding hydrogens is 300 g/mol. The van der Waals surface area contributed by atoms with E-state index in [1.807, 2.05) is 54.9 Å².